The fraction of sp³-hybridized carbons (Fsp3) is 0.188. The second-order valence-electron chi connectivity index (χ2n) is 4.71. The molecule has 0 radical (unpaired) electrons. The molecule has 21 heavy (non-hydrogen) atoms. The quantitative estimate of drug-likeness (QED) is 0.889. The molecule has 0 aliphatic rings. The molecule has 0 bridgehead atoms. The summed E-state index contributed by atoms with van der Waals surface area (Å²) in [6.45, 7) is 1.81. The number of nitrogens with two attached hydrogens (primary N) is 1. The zero-order valence-corrected chi connectivity index (χ0v) is 11.9. The molecule has 3 N–H and O–H groups in total. The lowest BCUT2D eigenvalue weighted by Crippen LogP contribution is -2.28. The Kier molecular flexibility index (Phi) is 4.42. The van der Waals surface area contributed by atoms with Crippen molar-refractivity contribution in [3.8, 4) is 5.75 Å². The molecule has 0 aliphatic heterocycles. The van der Waals surface area contributed by atoms with Crippen molar-refractivity contribution in [2.45, 2.75) is 13.0 Å². The summed E-state index contributed by atoms with van der Waals surface area (Å²) in [5.74, 6) is -0.268. The highest BCUT2D eigenvalue weighted by atomic mass is 19.1. The summed E-state index contributed by atoms with van der Waals surface area (Å²) in [6.07, 6.45) is 0. The summed E-state index contributed by atoms with van der Waals surface area (Å²) >= 11 is 0. The normalized spacial score (nSPS) is 11.8. The Hall–Kier alpha value is -2.56. The van der Waals surface area contributed by atoms with E-state index in [1.54, 1.807) is 44.4 Å². The molecule has 0 heterocycles. The summed E-state index contributed by atoms with van der Waals surface area (Å²) in [7, 11) is 1.57. The van der Waals surface area contributed by atoms with Crippen LogP contribution in [-0.2, 0) is 4.79 Å². The minimum absolute atomic E-state index is 0.404. The van der Waals surface area contributed by atoms with E-state index in [9.17, 15) is 9.18 Å². The minimum atomic E-state index is -0.797. The van der Waals surface area contributed by atoms with Gasteiger partial charge in [-0.25, -0.2) is 4.39 Å². The van der Waals surface area contributed by atoms with Crippen LogP contribution in [0.5, 0.6) is 5.75 Å². The summed E-state index contributed by atoms with van der Waals surface area (Å²) in [6, 6.07) is 10.6. The number of carbonyl (C=O) groups is 1. The Morgan fingerprint density at radius 2 is 1.90 bits per heavy atom. The molecule has 0 saturated carbocycles. The molecule has 0 fully saturated rings. The highest BCUT2D eigenvalue weighted by Gasteiger charge is 2.20. The van der Waals surface area contributed by atoms with Crippen molar-refractivity contribution in [2.75, 3.05) is 12.4 Å². The minimum Gasteiger partial charge on any atom is -0.497 e. The van der Waals surface area contributed by atoms with Gasteiger partial charge in [0, 0.05) is 5.69 Å². The van der Waals surface area contributed by atoms with Crippen molar-refractivity contribution < 1.29 is 13.9 Å². The highest BCUT2D eigenvalue weighted by molar-refractivity contribution is 5.85. The molecule has 1 atom stereocenters. The van der Waals surface area contributed by atoms with Gasteiger partial charge in [-0.15, -0.1) is 0 Å². The Morgan fingerprint density at radius 3 is 2.48 bits per heavy atom. The van der Waals surface area contributed by atoms with Crippen LogP contribution in [0.25, 0.3) is 0 Å². The van der Waals surface area contributed by atoms with Gasteiger partial charge in [-0.3, -0.25) is 4.79 Å². The number of hydrogen-bond donors (Lipinski definition) is 2. The number of primary amides is 1. The lowest BCUT2D eigenvalue weighted by molar-refractivity contribution is -0.118. The zero-order chi connectivity index (χ0) is 15.4. The number of anilines is 1. The van der Waals surface area contributed by atoms with Crippen molar-refractivity contribution in [3.05, 3.63) is 59.4 Å². The van der Waals surface area contributed by atoms with E-state index in [0.29, 0.717) is 17.0 Å². The van der Waals surface area contributed by atoms with Crippen molar-refractivity contribution in [1.82, 2.24) is 0 Å². The summed E-state index contributed by atoms with van der Waals surface area (Å²) in [5.41, 5.74) is 7.46. The van der Waals surface area contributed by atoms with E-state index >= 15 is 0 Å². The lowest BCUT2D eigenvalue weighted by atomic mass is 10.00. The number of carbonyl (C=O) groups excluding carboxylic acids is 1. The first-order chi connectivity index (χ1) is 10.0. The average Bonchev–Trinajstić information content (AvgIpc) is 2.48. The molecule has 1 amide bonds. The van der Waals surface area contributed by atoms with E-state index < -0.39 is 17.8 Å². The molecule has 2 aromatic carbocycles. The second kappa shape index (κ2) is 6.26. The number of aryl methyl sites for hydroxylation is 1. The van der Waals surface area contributed by atoms with Crippen LogP contribution in [0.3, 0.4) is 0 Å². The Bertz CT molecular complexity index is 641. The monoisotopic (exact) mass is 288 g/mol. The van der Waals surface area contributed by atoms with Crippen LogP contribution >= 0.6 is 0 Å². The predicted octanol–water partition coefficient (Wildman–Crippen LogP) is 2.78. The number of halogens is 1. The van der Waals surface area contributed by atoms with Crippen LogP contribution in [0, 0.1) is 12.7 Å². The molecule has 0 saturated heterocycles. The summed E-state index contributed by atoms with van der Waals surface area (Å²) in [5, 5.41) is 3.02. The van der Waals surface area contributed by atoms with Gasteiger partial charge in [-0.05, 0) is 54.4 Å². The maximum absolute atomic E-state index is 13.4. The van der Waals surface area contributed by atoms with Gasteiger partial charge in [0.2, 0.25) is 5.91 Å². The third kappa shape index (κ3) is 3.51. The van der Waals surface area contributed by atoms with Crippen LogP contribution in [0.1, 0.15) is 17.2 Å². The third-order valence-corrected chi connectivity index (χ3v) is 3.24. The first-order valence-electron chi connectivity index (χ1n) is 6.47. The largest absolute Gasteiger partial charge is 0.497 e. The van der Waals surface area contributed by atoms with E-state index in [-0.39, 0.29) is 0 Å². The molecule has 1 unspecified atom stereocenters. The van der Waals surface area contributed by atoms with Crippen LogP contribution < -0.4 is 15.8 Å². The van der Waals surface area contributed by atoms with E-state index in [1.807, 2.05) is 0 Å². The van der Waals surface area contributed by atoms with Gasteiger partial charge in [0.25, 0.3) is 0 Å². The molecule has 2 rings (SSSR count). The second-order valence-corrected chi connectivity index (χ2v) is 4.71. The summed E-state index contributed by atoms with van der Waals surface area (Å²) in [4.78, 5) is 11.7. The van der Waals surface area contributed by atoms with Gasteiger partial charge in [0.1, 0.15) is 17.6 Å². The maximum atomic E-state index is 13.4. The van der Waals surface area contributed by atoms with Gasteiger partial charge >= 0.3 is 0 Å². The van der Waals surface area contributed by atoms with Gasteiger partial charge < -0.3 is 15.8 Å². The summed E-state index contributed by atoms with van der Waals surface area (Å²) < 4.78 is 18.5. The number of methoxy groups -OCH3 is 1. The van der Waals surface area contributed by atoms with Crippen molar-refractivity contribution in [1.29, 1.82) is 0 Å². The number of amides is 1. The van der Waals surface area contributed by atoms with E-state index in [1.165, 1.54) is 12.1 Å². The molecule has 110 valence electrons. The zero-order valence-electron chi connectivity index (χ0n) is 11.9. The van der Waals surface area contributed by atoms with Crippen molar-refractivity contribution in [3.63, 3.8) is 0 Å². The van der Waals surface area contributed by atoms with E-state index in [0.717, 1.165) is 5.56 Å². The first-order valence-corrected chi connectivity index (χ1v) is 6.47. The van der Waals surface area contributed by atoms with Gasteiger partial charge in [0.15, 0.2) is 0 Å². The Labute approximate surface area is 122 Å². The Morgan fingerprint density at radius 1 is 1.24 bits per heavy atom. The van der Waals surface area contributed by atoms with Crippen molar-refractivity contribution >= 4 is 11.6 Å². The standard InChI is InChI=1S/C16H17FN2O2/c1-10-3-4-11(17)9-14(10)15(16(18)20)19-12-5-7-13(21-2)8-6-12/h3-9,15,19H,1-2H3,(H2,18,20). The van der Waals surface area contributed by atoms with Crippen molar-refractivity contribution in [2.24, 2.45) is 5.73 Å². The lowest BCUT2D eigenvalue weighted by Gasteiger charge is -2.19. The molecular weight excluding hydrogens is 271 g/mol. The number of hydrogen-bond acceptors (Lipinski definition) is 3. The number of ether oxygens (including phenoxy) is 1. The van der Waals surface area contributed by atoms with Crippen LogP contribution in [0.4, 0.5) is 10.1 Å². The topological polar surface area (TPSA) is 64.3 Å². The molecule has 4 nitrogen and oxygen atoms in total. The smallest absolute Gasteiger partial charge is 0.244 e. The average molecular weight is 288 g/mol. The van der Waals surface area contributed by atoms with E-state index in [4.69, 9.17) is 10.5 Å². The SMILES string of the molecule is COc1ccc(NC(C(N)=O)c2cc(F)ccc2C)cc1. The van der Waals surface area contributed by atoms with Crippen LogP contribution in [0.15, 0.2) is 42.5 Å². The predicted molar refractivity (Wildman–Crippen MR) is 79.7 cm³/mol. The maximum Gasteiger partial charge on any atom is 0.244 e. The molecule has 5 heteroatoms. The highest BCUT2D eigenvalue weighted by Crippen LogP contribution is 2.24. The molecule has 0 aliphatic carbocycles. The first kappa shape index (κ1) is 14.8. The van der Waals surface area contributed by atoms with Gasteiger partial charge in [0.05, 0.1) is 7.11 Å². The molecule has 2 aromatic rings. The van der Waals surface area contributed by atoms with Crippen LogP contribution in [-0.4, -0.2) is 13.0 Å². The fourth-order valence-electron chi connectivity index (χ4n) is 2.08. The van der Waals surface area contributed by atoms with E-state index in [2.05, 4.69) is 5.32 Å². The van der Waals surface area contributed by atoms with Crippen LogP contribution in [0.2, 0.25) is 0 Å². The van der Waals surface area contributed by atoms with Gasteiger partial charge in [-0.1, -0.05) is 6.07 Å². The molecular formula is C16H17FN2O2. The Balaban J connectivity index is 2.30. The molecule has 0 aromatic heterocycles. The fourth-order valence-corrected chi connectivity index (χ4v) is 2.08. The van der Waals surface area contributed by atoms with Gasteiger partial charge in [-0.2, -0.15) is 0 Å². The number of benzene rings is 2. The number of nitrogens with one attached hydrogen (secondary N) is 1. The molecule has 0 spiro atoms. The number of rotatable bonds is 5. The third-order valence-electron chi connectivity index (χ3n) is 3.24.